The summed E-state index contributed by atoms with van der Waals surface area (Å²) in [6, 6.07) is 28.3. The molecule has 6 heteroatoms. The number of likely N-dealkylation sites (tertiary alicyclic amines) is 3. The zero-order valence-corrected chi connectivity index (χ0v) is 20.6. The Morgan fingerprint density at radius 1 is 0.611 bits per heavy atom. The summed E-state index contributed by atoms with van der Waals surface area (Å²) in [5, 5.41) is 0. The fourth-order valence-electron chi connectivity index (χ4n) is 6.60. The second kappa shape index (κ2) is 8.87. The van der Waals surface area contributed by atoms with E-state index in [1.807, 2.05) is 60.7 Å². The Morgan fingerprint density at radius 3 is 1.44 bits per heavy atom. The number of carbonyl (C=O) groups excluding carboxylic acids is 2. The number of hydrogen-bond acceptors (Lipinski definition) is 5. The minimum absolute atomic E-state index is 0.0190. The number of nitrogens with zero attached hydrogens (tertiary/aromatic N) is 3. The Morgan fingerprint density at radius 2 is 1.03 bits per heavy atom. The lowest BCUT2D eigenvalue weighted by Gasteiger charge is -2.30. The zero-order chi connectivity index (χ0) is 24.8. The largest absolute Gasteiger partial charge is 0.497 e. The molecule has 0 spiro atoms. The second-order valence-corrected chi connectivity index (χ2v) is 10.5. The van der Waals surface area contributed by atoms with Crippen LogP contribution in [0.1, 0.15) is 16.7 Å². The molecule has 0 atom stereocenters. The van der Waals surface area contributed by atoms with Gasteiger partial charge < -0.3 is 4.74 Å². The first-order chi connectivity index (χ1) is 17.5. The number of rotatable bonds is 7. The van der Waals surface area contributed by atoms with Gasteiger partial charge in [-0.25, -0.2) is 0 Å². The molecular formula is C30H31N3O3. The van der Waals surface area contributed by atoms with Crippen molar-refractivity contribution in [1.29, 1.82) is 0 Å². The predicted molar refractivity (Wildman–Crippen MR) is 137 cm³/mol. The summed E-state index contributed by atoms with van der Waals surface area (Å²) >= 11 is 0. The number of methoxy groups -OCH3 is 1. The molecule has 0 N–H and O–H groups in total. The second-order valence-electron chi connectivity index (χ2n) is 10.5. The molecule has 3 saturated heterocycles. The van der Waals surface area contributed by atoms with E-state index in [9.17, 15) is 9.59 Å². The summed E-state index contributed by atoms with van der Waals surface area (Å²) in [5.41, 5.74) is 1.94. The molecule has 6 nitrogen and oxygen atoms in total. The zero-order valence-electron chi connectivity index (χ0n) is 20.6. The van der Waals surface area contributed by atoms with Crippen molar-refractivity contribution in [2.75, 3.05) is 33.3 Å². The van der Waals surface area contributed by atoms with Crippen LogP contribution < -0.4 is 4.74 Å². The van der Waals surface area contributed by atoms with Crippen LogP contribution in [0.4, 0.5) is 0 Å². The Bertz CT molecular complexity index is 1170. The van der Waals surface area contributed by atoms with Crippen LogP contribution in [0.2, 0.25) is 0 Å². The fourth-order valence-corrected chi connectivity index (χ4v) is 6.60. The van der Waals surface area contributed by atoms with Crippen molar-refractivity contribution in [3.63, 3.8) is 0 Å². The van der Waals surface area contributed by atoms with Crippen LogP contribution in [0.25, 0.3) is 0 Å². The standard InChI is InChI=1S/C30H31N3O3/c1-36-26-14-12-25(13-15-26)18-33-27(34)29-19-31(16-23-8-4-2-5-9-23)20-30(29,28(33)35)22-32(21-29)17-24-10-6-3-7-11-24/h2-15H,16-22H2,1H3. The smallest absolute Gasteiger partial charge is 0.239 e. The minimum atomic E-state index is -0.708. The van der Waals surface area contributed by atoms with Gasteiger partial charge in [0.05, 0.1) is 24.5 Å². The van der Waals surface area contributed by atoms with Gasteiger partial charge in [0.1, 0.15) is 5.75 Å². The van der Waals surface area contributed by atoms with Gasteiger partial charge in [-0.05, 0) is 28.8 Å². The summed E-state index contributed by atoms with van der Waals surface area (Å²) in [6.45, 7) is 4.24. The first kappa shape index (κ1) is 23.0. The van der Waals surface area contributed by atoms with E-state index in [1.54, 1.807) is 7.11 Å². The molecule has 0 aliphatic carbocycles. The topological polar surface area (TPSA) is 53.1 Å². The lowest BCUT2D eigenvalue weighted by Crippen LogP contribution is -2.44. The van der Waals surface area contributed by atoms with E-state index in [-0.39, 0.29) is 11.8 Å². The van der Waals surface area contributed by atoms with Crippen LogP contribution in [0.15, 0.2) is 84.9 Å². The molecule has 3 aliphatic heterocycles. The SMILES string of the molecule is COc1ccc(CN2C(=O)C34CN(Cc5ccccc5)CC3(CN(Cc3ccccc3)C4)C2=O)cc1. The first-order valence-electron chi connectivity index (χ1n) is 12.5. The van der Waals surface area contributed by atoms with Crippen LogP contribution in [-0.4, -0.2) is 59.8 Å². The fraction of sp³-hybridized carbons (Fsp3) is 0.333. The molecule has 3 fully saturated rings. The van der Waals surface area contributed by atoms with Gasteiger partial charge in [-0.15, -0.1) is 0 Å². The maximum atomic E-state index is 14.1. The number of hydrogen-bond donors (Lipinski definition) is 0. The molecule has 184 valence electrons. The molecule has 0 unspecified atom stereocenters. The van der Waals surface area contributed by atoms with Gasteiger partial charge in [0.15, 0.2) is 0 Å². The van der Waals surface area contributed by atoms with E-state index in [0.717, 1.165) is 24.4 Å². The first-order valence-corrected chi connectivity index (χ1v) is 12.5. The van der Waals surface area contributed by atoms with Gasteiger partial charge in [0, 0.05) is 39.3 Å². The van der Waals surface area contributed by atoms with Crippen LogP contribution >= 0.6 is 0 Å². The van der Waals surface area contributed by atoms with E-state index in [0.29, 0.717) is 32.7 Å². The van der Waals surface area contributed by atoms with E-state index in [1.165, 1.54) is 16.0 Å². The summed E-state index contributed by atoms with van der Waals surface area (Å²) < 4.78 is 5.26. The van der Waals surface area contributed by atoms with E-state index in [2.05, 4.69) is 34.1 Å². The third-order valence-electron chi connectivity index (χ3n) is 8.20. The molecule has 0 saturated carbocycles. The number of carbonyl (C=O) groups is 2. The van der Waals surface area contributed by atoms with E-state index in [4.69, 9.17) is 4.74 Å². The van der Waals surface area contributed by atoms with Crippen LogP contribution in [0.3, 0.4) is 0 Å². The van der Waals surface area contributed by atoms with Crippen LogP contribution in [0.5, 0.6) is 5.75 Å². The number of amides is 2. The molecule has 0 aromatic heterocycles. The summed E-state index contributed by atoms with van der Waals surface area (Å²) in [5.74, 6) is 0.723. The maximum absolute atomic E-state index is 14.1. The number of ether oxygens (including phenoxy) is 1. The Kier molecular flexibility index (Phi) is 5.66. The summed E-state index contributed by atoms with van der Waals surface area (Å²) in [7, 11) is 1.63. The van der Waals surface area contributed by atoms with Crippen molar-refractivity contribution >= 4 is 11.8 Å². The summed E-state index contributed by atoms with van der Waals surface area (Å²) in [4.78, 5) is 34.5. The highest BCUT2D eigenvalue weighted by atomic mass is 16.5. The molecule has 0 bridgehead atoms. The normalized spacial score (nSPS) is 25.9. The molecule has 3 aromatic carbocycles. The highest BCUT2D eigenvalue weighted by Crippen LogP contribution is 2.58. The molecule has 3 heterocycles. The van der Waals surface area contributed by atoms with Crippen LogP contribution in [0, 0.1) is 10.8 Å². The van der Waals surface area contributed by atoms with E-state index < -0.39 is 10.8 Å². The van der Waals surface area contributed by atoms with Crippen molar-refractivity contribution in [2.45, 2.75) is 19.6 Å². The highest BCUT2D eigenvalue weighted by molar-refractivity contribution is 6.11. The Balaban J connectivity index is 1.29. The molecule has 6 rings (SSSR count). The maximum Gasteiger partial charge on any atom is 0.239 e. The number of benzene rings is 3. The average molecular weight is 482 g/mol. The molecule has 3 aliphatic rings. The Labute approximate surface area is 212 Å². The van der Waals surface area contributed by atoms with Gasteiger partial charge in [0.25, 0.3) is 0 Å². The molecule has 36 heavy (non-hydrogen) atoms. The minimum Gasteiger partial charge on any atom is -0.497 e. The lowest BCUT2D eigenvalue weighted by atomic mass is 9.70. The third-order valence-corrected chi connectivity index (χ3v) is 8.20. The van der Waals surface area contributed by atoms with E-state index >= 15 is 0 Å². The predicted octanol–water partition coefficient (Wildman–Crippen LogP) is 3.57. The molecule has 0 radical (unpaired) electrons. The quantitative estimate of drug-likeness (QED) is 0.483. The number of imide groups is 1. The third kappa shape index (κ3) is 3.64. The van der Waals surface area contributed by atoms with Gasteiger partial charge in [-0.2, -0.15) is 0 Å². The summed E-state index contributed by atoms with van der Waals surface area (Å²) in [6.07, 6.45) is 0. The lowest BCUT2D eigenvalue weighted by molar-refractivity contribution is -0.144. The van der Waals surface area contributed by atoms with Crippen molar-refractivity contribution in [2.24, 2.45) is 10.8 Å². The van der Waals surface area contributed by atoms with Crippen molar-refractivity contribution in [1.82, 2.24) is 14.7 Å². The average Bonchev–Trinajstić information content (AvgIpc) is 3.42. The highest BCUT2D eigenvalue weighted by Gasteiger charge is 2.76. The molecule has 2 amide bonds. The molecular weight excluding hydrogens is 450 g/mol. The van der Waals surface area contributed by atoms with Gasteiger partial charge in [-0.1, -0.05) is 72.8 Å². The molecule has 3 aromatic rings. The van der Waals surface area contributed by atoms with Crippen molar-refractivity contribution < 1.29 is 14.3 Å². The van der Waals surface area contributed by atoms with Crippen molar-refractivity contribution in [3.8, 4) is 5.75 Å². The monoisotopic (exact) mass is 481 g/mol. The van der Waals surface area contributed by atoms with Gasteiger partial charge in [0.2, 0.25) is 11.8 Å². The van der Waals surface area contributed by atoms with Gasteiger partial charge >= 0.3 is 0 Å². The van der Waals surface area contributed by atoms with Gasteiger partial charge in [-0.3, -0.25) is 24.3 Å². The van der Waals surface area contributed by atoms with Crippen molar-refractivity contribution in [3.05, 3.63) is 102 Å². The Hall–Kier alpha value is -3.48. The van der Waals surface area contributed by atoms with Crippen LogP contribution in [-0.2, 0) is 29.2 Å².